The Labute approximate surface area is 109 Å². The highest BCUT2D eigenvalue weighted by atomic mass is 16.5. The Hall–Kier alpha value is -0.160. The predicted molar refractivity (Wildman–Crippen MR) is 68.5 cm³/mol. The molecule has 2 heterocycles. The molecule has 0 aromatic carbocycles. The molecule has 0 amide bonds. The van der Waals surface area contributed by atoms with Crippen LogP contribution in [-0.4, -0.2) is 49.2 Å². The van der Waals surface area contributed by atoms with E-state index in [0.717, 1.165) is 52.0 Å². The maximum absolute atomic E-state index is 9.91. The van der Waals surface area contributed by atoms with Gasteiger partial charge < -0.3 is 19.9 Å². The van der Waals surface area contributed by atoms with E-state index in [1.54, 1.807) is 0 Å². The molecule has 3 aliphatic rings. The molecule has 18 heavy (non-hydrogen) atoms. The van der Waals surface area contributed by atoms with E-state index in [2.05, 4.69) is 5.32 Å². The molecule has 3 fully saturated rings. The van der Waals surface area contributed by atoms with Crippen molar-refractivity contribution < 1.29 is 14.6 Å². The summed E-state index contributed by atoms with van der Waals surface area (Å²) in [4.78, 5) is 0. The molecule has 0 aromatic rings. The number of ether oxygens (including phenoxy) is 2. The second-order valence-electron chi connectivity index (χ2n) is 6.15. The van der Waals surface area contributed by atoms with Crippen LogP contribution in [0.25, 0.3) is 0 Å². The fourth-order valence-electron chi connectivity index (χ4n) is 3.23. The highest BCUT2D eigenvalue weighted by Gasteiger charge is 2.39. The largest absolute Gasteiger partial charge is 0.392 e. The Kier molecular flexibility index (Phi) is 3.89. The van der Waals surface area contributed by atoms with Gasteiger partial charge in [-0.05, 0) is 44.4 Å². The quantitative estimate of drug-likeness (QED) is 0.789. The van der Waals surface area contributed by atoms with Gasteiger partial charge >= 0.3 is 0 Å². The van der Waals surface area contributed by atoms with E-state index in [1.165, 1.54) is 12.8 Å². The third kappa shape index (κ3) is 3.05. The van der Waals surface area contributed by atoms with Crippen molar-refractivity contribution in [2.75, 3.05) is 26.4 Å². The normalized spacial score (nSPS) is 33.5. The summed E-state index contributed by atoms with van der Waals surface area (Å²) in [6.07, 6.45) is 6.47. The van der Waals surface area contributed by atoms with E-state index in [0.29, 0.717) is 12.0 Å². The lowest BCUT2D eigenvalue weighted by atomic mass is 9.84. The molecule has 1 saturated carbocycles. The first kappa shape index (κ1) is 12.9. The number of hydrogen-bond acceptors (Lipinski definition) is 4. The summed E-state index contributed by atoms with van der Waals surface area (Å²) in [5.41, 5.74) is 0.0543. The van der Waals surface area contributed by atoms with Gasteiger partial charge in [-0.1, -0.05) is 0 Å². The van der Waals surface area contributed by atoms with Crippen molar-refractivity contribution in [3.05, 3.63) is 0 Å². The zero-order valence-electron chi connectivity index (χ0n) is 11.1. The van der Waals surface area contributed by atoms with Crippen LogP contribution in [0.15, 0.2) is 0 Å². The second kappa shape index (κ2) is 5.45. The molecule has 0 bridgehead atoms. The van der Waals surface area contributed by atoms with Crippen LogP contribution in [0.3, 0.4) is 0 Å². The smallest absolute Gasteiger partial charge is 0.0741 e. The molecule has 0 aromatic heterocycles. The first-order valence-electron chi connectivity index (χ1n) is 7.41. The topological polar surface area (TPSA) is 50.7 Å². The molecule has 2 unspecified atom stereocenters. The fraction of sp³-hybridized carbons (Fsp3) is 1.00. The highest BCUT2D eigenvalue weighted by Crippen LogP contribution is 2.35. The molecule has 0 radical (unpaired) electrons. The monoisotopic (exact) mass is 255 g/mol. The number of hydrogen-bond donors (Lipinski definition) is 2. The molecule has 3 rings (SSSR count). The van der Waals surface area contributed by atoms with Gasteiger partial charge in [-0.2, -0.15) is 0 Å². The molecule has 104 valence electrons. The average molecular weight is 255 g/mol. The number of rotatable bonds is 4. The van der Waals surface area contributed by atoms with Crippen molar-refractivity contribution >= 4 is 0 Å². The van der Waals surface area contributed by atoms with Gasteiger partial charge in [0.1, 0.15) is 0 Å². The summed E-state index contributed by atoms with van der Waals surface area (Å²) in [6.45, 7) is 3.26. The van der Waals surface area contributed by atoms with Gasteiger partial charge in [-0.3, -0.25) is 0 Å². The Bertz CT molecular complexity index is 269. The SMILES string of the molecule is OC(CNC1CCOC2(CCOCC2)C1)C1CC1. The van der Waals surface area contributed by atoms with Crippen LogP contribution >= 0.6 is 0 Å². The fourth-order valence-corrected chi connectivity index (χ4v) is 3.23. The van der Waals surface area contributed by atoms with E-state index in [4.69, 9.17) is 9.47 Å². The van der Waals surface area contributed by atoms with Crippen molar-refractivity contribution in [1.82, 2.24) is 5.32 Å². The van der Waals surface area contributed by atoms with E-state index >= 15 is 0 Å². The second-order valence-corrected chi connectivity index (χ2v) is 6.15. The van der Waals surface area contributed by atoms with Crippen molar-refractivity contribution in [3.8, 4) is 0 Å². The zero-order chi connectivity index (χ0) is 12.4. The van der Waals surface area contributed by atoms with Crippen LogP contribution in [-0.2, 0) is 9.47 Å². The van der Waals surface area contributed by atoms with Crippen molar-refractivity contribution in [3.63, 3.8) is 0 Å². The Morgan fingerprint density at radius 3 is 2.67 bits per heavy atom. The van der Waals surface area contributed by atoms with Crippen molar-refractivity contribution in [2.45, 2.75) is 56.3 Å². The van der Waals surface area contributed by atoms with E-state index in [1.807, 2.05) is 0 Å². The van der Waals surface area contributed by atoms with Crippen LogP contribution < -0.4 is 5.32 Å². The van der Waals surface area contributed by atoms with Crippen molar-refractivity contribution in [2.24, 2.45) is 5.92 Å². The van der Waals surface area contributed by atoms with Gasteiger partial charge in [0.15, 0.2) is 0 Å². The maximum atomic E-state index is 9.91. The number of nitrogens with one attached hydrogen (secondary N) is 1. The first-order chi connectivity index (χ1) is 8.77. The average Bonchev–Trinajstić information content (AvgIpc) is 3.21. The van der Waals surface area contributed by atoms with Crippen LogP contribution in [0.5, 0.6) is 0 Å². The summed E-state index contributed by atoms with van der Waals surface area (Å²) in [7, 11) is 0. The molecule has 2 aliphatic heterocycles. The molecule has 2 atom stereocenters. The standard InChI is InChI=1S/C14H25NO3/c16-13(11-1-2-11)10-15-12-3-6-18-14(9-12)4-7-17-8-5-14/h11-13,15-16H,1-10H2. The predicted octanol–water partition coefficient (Wildman–Crippen LogP) is 1.08. The lowest BCUT2D eigenvalue weighted by Gasteiger charge is -2.43. The third-order valence-electron chi connectivity index (χ3n) is 4.68. The van der Waals surface area contributed by atoms with Gasteiger partial charge in [0, 0.05) is 32.4 Å². The Morgan fingerprint density at radius 1 is 1.17 bits per heavy atom. The first-order valence-corrected chi connectivity index (χ1v) is 7.41. The van der Waals surface area contributed by atoms with E-state index in [9.17, 15) is 5.11 Å². The van der Waals surface area contributed by atoms with Crippen LogP contribution in [0, 0.1) is 5.92 Å². The maximum Gasteiger partial charge on any atom is 0.0741 e. The molecule has 4 heteroatoms. The molecule has 2 saturated heterocycles. The Morgan fingerprint density at radius 2 is 1.94 bits per heavy atom. The summed E-state index contributed by atoms with van der Waals surface area (Å²) < 4.78 is 11.5. The van der Waals surface area contributed by atoms with Crippen LogP contribution in [0.2, 0.25) is 0 Å². The molecule has 4 nitrogen and oxygen atoms in total. The van der Waals surface area contributed by atoms with Gasteiger partial charge in [0.25, 0.3) is 0 Å². The summed E-state index contributed by atoms with van der Waals surface area (Å²) in [6, 6.07) is 0.505. The lowest BCUT2D eigenvalue weighted by Crippen LogP contribution is -2.51. The lowest BCUT2D eigenvalue weighted by molar-refractivity contribution is -0.140. The molecular formula is C14H25NO3. The van der Waals surface area contributed by atoms with Gasteiger partial charge in [0.2, 0.25) is 0 Å². The van der Waals surface area contributed by atoms with Gasteiger partial charge in [-0.25, -0.2) is 0 Å². The minimum Gasteiger partial charge on any atom is -0.392 e. The minimum atomic E-state index is -0.140. The zero-order valence-corrected chi connectivity index (χ0v) is 11.1. The minimum absolute atomic E-state index is 0.0543. The molecule has 2 N–H and O–H groups in total. The van der Waals surface area contributed by atoms with Crippen LogP contribution in [0.4, 0.5) is 0 Å². The molecule has 1 spiro atoms. The third-order valence-corrected chi connectivity index (χ3v) is 4.68. The number of aliphatic hydroxyl groups excluding tert-OH is 1. The highest BCUT2D eigenvalue weighted by molar-refractivity contribution is 4.92. The molecule has 1 aliphatic carbocycles. The van der Waals surface area contributed by atoms with E-state index < -0.39 is 0 Å². The Balaban J connectivity index is 1.47. The summed E-state index contributed by atoms with van der Waals surface area (Å²) in [5.74, 6) is 0.564. The summed E-state index contributed by atoms with van der Waals surface area (Å²) >= 11 is 0. The summed E-state index contributed by atoms with van der Waals surface area (Å²) in [5, 5.41) is 13.5. The van der Waals surface area contributed by atoms with Gasteiger partial charge in [0.05, 0.1) is 11.7 Å². The molecular weight excluding hydrogens is 230 g/mol. The van der Waals surface area contributed by atoms with Crippen molar-refractivity contribution in [1.29, 1.82) is 0 Å². The number of aliphatic hydroxyl groups is 1. The van der Waals surface area contributed by atoms with E-state index in [-0.39, 0.29) is 11.7 Å². The van der Waals surface area contributed by atoms with Gasteiger partial charge in [-0.15, -0.1) is 0 Å². The van der Waals surface area contributed by atoms with Crippen LogP contribution in [0.1, 0.15) is 38.5 Å².